The molecule has 0 aliphatic carbocycles. The van der Waals surface area contributed by atoms with Crippen LogP contribution in [0, 0.1) is 0 Å². The summed E-state index contributed by atoms with van der Waals surface area (Å²) in [6.45, 7) is -1.63. The zero-order valence-electron chi connectivity index (χ0n) is 5.14. The summed E-state index contributed by atoms with van der Waals surface area (Å²) in [6.07, 6.45) is 3.41. The molecule has 1 aliphatic heterocycles. The van der Waals surface area contributed by atoms with Gasteiger partial charge in [-0.3, -0.25) is 11.0 Å². The van der Waals surface area contributed by atoms with Gasteiger partial charge in [-0.05, 0) is 17.9 Å². The summed E-state index contributed by atoms with van der Waals surface area (Å²) in [4.78, 5) is 0. The maximum atomic E-state index is 5.51. The normalized spacial score (nSPS) is 20.6. The zero-order chi connectivity index (χ0) is 7.61. The predicted octanol–water partition coefficient (Wildman–Crippen LogP) is 0.537. The molecular formula is C3H8N3OPS2. The topological polar surface area (TPSA) is 64.5 Å². The first-order valence-electron chi connectivity index (χ1n) is 2.54. The molecule has 1 aliphatic rings. The number of rotatable bonds is 1. The van der Waals surface area contributed by atoms with Crippen LogP contribution in [0.1, 0.15) is 0 Å². The Balaban J connectivity index is 2.58. The van der Waals surface area contributed by atoms with Crippen LogP contribution in [-0.4, -0.2) is 10.6 Å². The molecule has 4 N–H and O–H groups in total. The Labute approximate surface area is 69.1 Å². The number of hydrogen-bond donors (Lipinski definition) is 2. The van der Waals surface area contributed by atoms with E-state index < -0.39 is 6.49 Å². The highest BCUT2D eigenvalue weighted by atomic mass is 32.5. The highest BCUT2D eigenvalue weighted by Crippen LogP contribution is 2.40. The van der Waals surface area contributed by atoms with Gasteiger partial charge in [-0.15, -0.1) is 0 Å². The summed E-state index contributed by atoms with van der Waals surface area (Å²) in [5, 5.41) is 0. The minimum absolute atomic E-state index is 0.662. The monoisotopic (exact) mass is 197 g/mol. The highest BCUT2D eigenvalue weighted by Gasteiger charge is 2.19. The van der Waals surface area contributed by atoms with E-state index in [-0.39, 0.29) is 0 Å². The fraction of sp³-hybridized carbons (Fsp3) is 0.333. The van der Waals surface area contributed by atoms with E-state index in [0.717, 1.165) is 12.2 Å². The molecule has 7 heteroatoms. The van der Waals surface area contributed by atoms with Crippen molar-refractivity contribution in [2.75, 3.05) is 6.54 Å². The lowest BCUT2D eigenvalue weighted by Gasteiger charge is -2.25. The average molecular weight is 197 g/mol. The molecule has 10 heavy (non-hydrogen) atoms. The quantitative estimate of drug-likeness (QED) is 0.363. The van der Waals surface area contributed by atoms with Crippen LogP contribution < -0.4 is 11.0 Å². The van der Waals surface area contributed by atoms with E-state index in [1.807, 2.05) is 6.08 Å². The van der Waals surface area contributed by atoms with Gasteiger partial charge in [0, 0.05) is 6.54 Å². The van der Waals surface area contributed by atoms with E-state index in [0.29, 0.717) is 6.54 Å². The molecular weight excluding hydrogens is 189 g/mol. The molecule has 0 spiro atoms. The summed E-state index contributed by atoms with van der Waals surface area (Å²) in [5.41, 5.74) is 11.0. The second-order valence-electron chi connectivity index (χ2n) is 1.75. The molecule has 0 saturated heterocycles. The maximum absolute atomic E-state index is 5.51. The first-order valence-corrected chi connectivity index (χ1v) is 6.13. The molecule has 0 aromatic carbocycles. The van der Waals surface area contributed by atoms with Gasteiger partial charge in [0.25, 0.3) is 0 Å². The molecule has 0 amide bonds. The van der Waals surface area contributed by atoms with Gasteiger partial charge >= 0.3 is 0 Å². The van der Waals surface area contributed by atoms with Crippen LogP contribution >= 0.6 is 18.7 Å². The second kappa shape index (κ2) is 3.21. The van der Waals surface area contributed by atoms with E-state index in [4.69, 9.17) is 27.0 Å². The fourth-order valence-electron chi connectivity index (χ4n) is 0.457. The Kier molecular flexibility index (Phi) is 2.74. The first kappa shape index (κ1) is 8.52. The number of nitrogens with two attached hydrogens (primary N) is 2. The fourth-order valence-corrected chi connectivity index (χ4v) is 2.16. The van der Waals surface area contributed by atoms with Crippen LogP contribution in [0.4, 0.5) is 0 Å². The Morgan fingerprint density at radius 1 is 1.70 bits per heavy atom. The summed E-state index contributed by atoms with van der Waals surface area (Å²) < 4.78 is 6.54. The molecule has 0 bridgehead atoms. The molecule has 0 fully saturated rings. The van der Waals surface area contributed by atoms with E-state index in [1.54, 1.807) is 10.3 Å². The minimum Gasteiger partial charge on any atom is -0.417 e. The van der Waals surface area contributed by atoms with Crippen LogP contribution in [0.25, 0.3) is 0 Å². The maximum Gasteiger partial charge on any atom is 0.153 e. The first-order chi connectivity index (χ1) is 4.61. The van der Waals surface area contributed by atoms with Crippen molar-refractivity contribution in [3.63, 3.8) is 0 Å². The van der Waals surface area contributed by atoms with Crippen LogP contribution in [-0.2, 0) is 16.0 Å². The molecule has 0 radical (unpaired) electrons. The van der Waals surface area contributed by atoms with Crippen molar-refractivity contribution < 1.29 is 4.18 Å². The van der Waals surface area contributed by atoms with E-state index >= 15 is 0 Å². The van der Waals surface area contributed by atoms with Gasteiger partial charge in [-0.25, -0.2) is 0 Å². The largest absolute Gasteiger partial charge is 0.417 e. The van der Waals surface area contributed by atoms with E-state index in [9.17, 15) is 0 Å². The van der Waals surface area contributed by atoms with Gasteiger partial charge < -0.3 is 4.18 Å². The van der Waals surface area contributed by atoms with Crippen molar-refractivity contribution in [2.45, 2.75) is 0 Å². The molecule has 1 rings (SSSR count). The Hall–Kier alpha value is 0.420. The van der Waals surface area contributed by atoms with Gasteiger partial charge in [0.1, 0.15) is 12.8 Å². The summed E-state index contributed by atoms with van der Waals surface area (Å²) in [5.74, 6) is 0. The number of hydrogen-bond acceptors (Lipinski definition) is 3. The van der Waals surface area contributed by atoms with Crippen molar-refractivity contribution in [3.8, 4) is 0 Å². The third-order valence-corrected chi connectivity index (χ3v) is 4.18. The van der Waals surface area contributed by atoms with Crippen molar-refractivity contribution in [2.24, 2.45) is 11.0 Å². The van der Waals surface area contributed by atoms with Gasteiger partial charge in [0.15, 0.2) is 12.2 Å². The highest BCUT2D eigenvalue weighted by molar-refractivity contribution is 8.16. The van der Waals surface area contributed by atoms with Gasteiger partial charge in [0.05, 0.1) is 0 Å². The lowest BCUT2D eigenvalue weighted by Crippen LogP contribution is -2.24. The Morgan fingerprint density at radius 3 is 2.70 bits per heavy atom. The second-order valence-corrected chi connectivity index (χ2v) is 6.39. The molecule has 0 aromatic rings. The van der Waals surface area contributed by atoms with Crippen LogP contribution in [0.3, 0.4) is 0 Å². The van der Waals surface area contributed by atoms with E-state index in [1.165, 1.54) is 0 Å². The molecule has 0 saturated carbocycles. The Bertz CT molecular complexity index is 190. The third kappa shape index (κ3) is 2.23. The van der Waals surface area contributed by atoms with Crippen LogP contribution in [0.15, 0.2) is 12.3 Å². The van der Waals surface area contributed by atoms with Crippen molar-refractivity contribution in [3.05, 3.63) is 12.3 Å². The number of nitrogens with zero attached hydrogens (tertiary/aromatic N) is 1. The van der Waals surface area contributed by atoms with Crippen molar-refractivity contribution in [1.29, 1.82) is 0 Å². The van der Waals surface area contributed by atoms with Gasteiger partial charge in [-0.1, -0.05) is 0 Å². The van der Waals surface area contributed by atoms with Gasteiger partial charge in [-0.2, -0.15) is 4.08 Å². The van der Waals surface area contributed by atoms with Gasteiger partial charge in [0.2, 0.25) is 0 Å². The lowest BCUT2D eigenvalue weighted by atomic mass is 10.6. The molecule has 4 nitrogen and oxygen atoms in total. The standard InChI is InChI=1S/C3H8N3OPS2/c4-8(5,9)6-2-1-3-7-10-6/h1,3H,2H2,(H4,4,5,9). The lowest BCUT2D eigenvalue weighted by molar-refractivity contribution is 0.513. The van der Waals surface area contributed by atoms with Crippen molar-refractivity contribution in [1.82, 2.24) is 4.08 Å². The van der Waals surface area contributed by atoms with Crippen LogP contribution in [0.2, 0.25) is 0 Å². The average Bonchev–Trinajstić information content (AvgIpc) is 1.88. The minimum atomic E-state index is -2.29. The molecule has 0 unspecified atom stereocenters. The van der Waals surface area contributed by atoms with Crippen molar-refractivity contribution >= 4 is 30.5 Å². The molecule has 58 valence electrons. The molecule has 1 heterocycles. The van der Waals surface area contributed by atoms with E-state index in [2.05, 4.69) is 0 Å². The SMILES string of the molecule is NP(N)(=S)N1CC=COS1. The van der Waals surface area contributed by atoms with Crippen LogP contribution in [0.5, 0.6) is 0 Å². The Morgan fingerprint density at radius 2 is 2.40 bits per heavy atom. The third-order valence-electron chi connectivity index (χ3n) is 0.891. The smallest absolute Gasteiger partial charge is 0.153 e. The molecule has 0 aromatic heterocycles. The zero-order valence-corrected chi connectivity index (χ0v) is 7.66. The summed E-state index contributed by atoms with van der Waals surface area (Å²) in [6, 6.07) is 0. The predicted molar refractivity (Wildman–Crippen MR) is 47.2 cm³/mol. The summed E-state index contributed by atoms with van der Waals surface area (Å²) in [7, 11) is 0. The molecule has 0 atom stereocenters. The summed E-state index contributed by atoms with van der Waals surface area (Å²) >= 11 is 5.97.